The first-order valence-electron chi connectivity index (χ1n) is 7.66. The van der Waals surface area contributed by atoms with Crippen molar-refractivity contribution in [3.63, 3.8) is 0 Å². The SMILES string of the molecule is Fc1nccn1C(c1ccccc1)c1ccc(C2CC2)cc1. The van der Waals surface area contributed by atoms with Crippen LogP contribution in [0.25, 0.3) is 0 Å². The first-order chi connectivity index (χ1) is 10.8. The molecule has 110 valence electrons. The van der Waals surface area contributed by atoms with E-state index >= 15 is 0 Å². The summed E-state index contributed by atoms with van der Waals surface area (Å²) in [5.74, 6) is 0.731. The molecular weight excluding hydrogens is 275 g/mol. The molecule has 2 aromatic carbocycles. The zero-order chi connectivity index (χ0) is 14.9. The molecule has 4 rings (SSSR count). The highest BCUT2D eigenvalue weighted by atomic mass is 19.1. The molecule has 3 aromatic rings. The first kappa shape index (κ1) is 13.3. The molecule has 1 fully saturated rings. The lowest BCUT2D eigenvalue weighted by molar-refractivity contribution is 0.459. The molecule has 0 amide bonds. The molecule has 1 aliphatic carbocycles. The van der Waals surface area contributed by atoms with Gasteiger partial charge in [0.05, 0.1) is 6.04 Å². The summed E-state index contributed by atoms with van der Waals surface area (Å²) in [5.41, 5.74) is 3.52. The third-order valence-electron chi connectivity index (χ3n) is 4.32. The van der Waals surface area contributed by atoms with Gasteiger partial charge in [-0.25, -0.2) is 4.98 Å². The maximum atomic E-state index is 14.0. The van der Waals surface area contributed by atoms with Gasteiger partial charge in [0.15, 0.2) is 0 Å². The molecule has 0 spiro atoms. The number of nitrogens with zero attached hydrogens (tertiary/aromatic N) is 2. The molecule has 0 bridgehead atoms. The van der Waals surface area contributed by atoms with Crippen LogP contribution in [0.1, 0.15) is 41.5 Å². The van der Waals surface area contributed by atoms with E-state index in [-0.39, 0.29) is 6.04 Å². The molecule has 0 saturated heterocycles. The maximum Gasteiger partial charge on any atom is 0.289 e. The lowest BCUT2D eigenvalue weighted by Crippen LogP contribution is -2.13. The lowest BCUT2D eigenvalue weighted by atomic mass is 9.97. The summed E-state index contributed by atoms with van der Waals surface area (Å²) in [7, 11) is 0. The zero-order valence-corrected chi connectivity index (χ0v) is 12.2. The zero-order valence-electron chi connectivity index (χ0n) is 12.2. The largest absolute Gasteiger partial charge is 0.296 e. The summed E-state index contributed by atoms with van der Waals surface area (Å²) in [4.78, 5) is 3.74. The van der Waals surface area contributed by atoms with Crippen LogP contribution in [0.2, 0.25) is 0 Å². The number of benzene rings is 2. The van der Waals surface area contributed by atoms with Crippen molar-refractivity contribution in [3.05, 3.63) is 89.8 Å². The van der Waals surface area contributed by atoms with Gasteiger partial charge in [0.25, 0.3) is 6.08 Å². The molecule has 22 heavy (non-hydrogen) atoms. The number of aromatic nitrogens is 2. The van der Waals surface area contributed by atoms with Gasteiger partial charge in [-0.2, -0.15) is 4.39 Å². The molecule has 3 heteroatoms. The van der Waals surface area contributed by atoms with Crippen LogP contribution >= 0.6 is 0 Å². The highest BCUT2D eigenvalue weighted by Gasteiger charge is 2.24. The lowest BCUT2D eigenvalue weighted by Gasteiger charge is -2.20. The van der Waals surface area contributed by atoms with Gasteiger partial charge in [-0.1, -0.05) is 54.6 Å². The van der Waals surface area contributed by atoms with Crippen molar-refractivity contribution in [3.8, 4) is 0 Å². The van der Waals surface area contributed by atoms with E-state index in [1.54, 1.807) is 10.8 Å². The highest BCUT2D eigenvalue weighted by Crippen LogP contribution is 2.40. The second kappa shape index (κ2) is 5.41. The number of hydrogen-bond donors (Lipinski definition) is 0. The summed E-state index contributed by atoms with van der Waals surface area (Å²) >= 11 is 0. The van der Waals surface area contributed by atoms with Crippen molar-refractivity contribution in [2.75, 3.05) is 0 Å². The number of hydrogen-bond acceptors (Lipinski definition) is 1. The minimum atomic E-state index is -0.458. The normalized spacial score (nSPS) is 15.7. The Kier molecular flexibility index (Phi) is 3.26. The molecule has 0 N–H and O–H groups in total. The van der Waals surface area contributed by atoms with E-state index in [1.165, 1.54) is 24.6 Å². The van der Waals surface area contributed by atoms with Crippen LogP contribution in [0.5, 0.6) is 0 Å². The van der Waals surface area contributed by atoms with E-state index in [0.29, 0.717) is 0 Å². The van der Waals surface area contributed by atoms with Crippen molar-refractivity contribution >= 4 is 0 Å². The van der Waals surface area contributed by atoms with Crippen LogP contribution in [0, 0.1) is 6.08 Å². The molecule has 1 heterocycles. The summed E-state index contributed by atoms with van der Waals surface area (Å²) in [6.07, 6.45) is 5.32. The maximum absolute atomic E-state index is 14.0. The Labute approximate surface area is 129 Å². The van der Waals surface area contributed by atoms with Crippen LogP contribution in [-0.4, -0.2) is 9.55 Å². The third kappa shape index (κ3) is 2.43. The summed E-state index contributed by atoms with van der Waals surface area (Å²) in [5, 5.41) is 0. The van der Waals surface area contributed by atoms with Crippen molar-refractivity contribution < 1.29 is 4.39 Å². The van der Waals surface area contributed by atoms with Gasteiger partial charge in [0.1, 0.15) is 0 Å². The van der Waals surface area contributed by atoms with Gasteiger partial charge in [-0.15, -0.1) is 0 Å². The van der Waals surface area contributed by atoms with Crippen LogP contribution in [0.4, 0.5) is 4.39 Å². The van der Waals surface area contributed by atoms with Gasteiger partial charge in [0.2, 0.25) is 0 Å². The van der Waals surface area contributed by atoms with E-state index in [9.17, 15) is 4.39 Å². The molecule has 1 atom stereocenters. The van der Waals surface area contributed by atoms with Crippen LogP contribution in [0.15, 0.2) is 67.0 Å². The van der Waals surface area contributed by atoms with E-state index < -0.39 is 6.08 Å². The van der Waals surface area contributed by atoms with Crippen molar-refractivity contribution in [2.45, 2.75) is 24.8 Å². The fourth-order valence-corrected chi connectivity index (χ4v) is 3.00. The number of imidazole rings is 1. The Morgan fingerprint density at radius 2 is 1.64 bits per heavy atom. The first-order valence-corrected chi connectivity index (χ1v) is 7.66. The molecule has 1 aliphatic rings. The monoisotopic (exact) mass is 292 g/mol. The molecule has 1 aromatic heterocycles. The van der Waals surface area contributed by atoms with Gasteiger partial charge in [-0.3, -0.25) is 4.57 Å². The fraction of sp³-hybridized carbons (Fsp3) is 0.211. The smallest absolute Gasteiger partial charge is 0.289 e. The third-order valence-corrected chi connectivity index (χ3v) is 4.32. The Hall–Kier alpha value is -2.42. The molecule has 0 radical (unpaired) electrons. The minimum absolute atomic E-state index is 0.183. The van der Waals surface area contributed by atoms with Gasteiger partial charge < -0.3 is 0 Å². The van der Waals surface area contributed by atoms with Gasteiger partial charge >= 0.3 is 0 Å². The molecule has 2 nitrogen and oxygen atoms in total. The minimum Gasteiger partial charge on any atom is -0.296 e. The van der Waals surface area contributed by atoms with Crippen molar-refractivity contribution in [1.29, 1.82) is 0 Å². The Morgan fingerprint density at radius 3 is 2.23 bits per heavy atom. The summed E-state index contributed by atoms with van der Waals surface area (Å²) < 4.78 is 15.6. The topological polar surface area (TPSA) is 17.8 Å². The van der Waals surface area contributed by atoms with Crippen LogP contribution < -0.4 is 0 Å². The average Bonchev–Trinajstić information content (AvgIpc) is 3.33. The van der Waals surface area contributed by atoms with E-state index in [4.69, 9.17) is 0 Å². The van der Waals surface area contributed by atoms with E-state index in [1.807, 2.05) is 30.3 Å². The Bertz CT molecular complexity index is 758. The fourth-order valence-electron chi connectivity index (χ4n) is 3.00. The predicted octanol–water partition coefficient (Wildman–Crippen LogP) is 4.54. The molecule has 1 saturated carbocycles. The summed E-state index contributed by atoms with van der Waals surface area (Å²) in [6.45, 7) is 0. The second-order valence-electron chi connectivity index (χ2n) is 5.86. The number of halogens is 1. The molecular formula is C19H17FN2. The molecule has 1 unspecified atom stereocenters. The standard InChI is InChI=1S/C19H17FN2/c20-19-21-12-13-22(19)18(16-4-2-1-3-5-16)17-10-8-15(9-11-17)14-6-7-14/h1-5,8-14,18H,6-7H2. The van der Waals surface area contributed by atoms with Crippen molar-refractivity contribution in [1.82, 2.24) is 9.55 Å². The van der Waals surface area contributed by atoms with Crippen LogP contribution in [-0.2, 0) is 0 Å². The second-order valence-corrected chi connectivity index (χ2v) is 5.86. The van der Waals surface area contributed by atoms with E-state index in [2.05, 4.69) is 29.2 Å². The van der Waals surface area contributed by atoms with Gasteiger partial charge in [0, 0.05) is 12.4 Å². The Morgan fingerprint density at radius 1 is 0.955 bits per heavy atom. The average molecular weight is 292 g/mol. The van der Waals surface area contributed by atoms with Crippen molar-refractivity contribution in [2.24, 2.45) is 0 Å². The predicted molar refractivity (Wildman–Crippen MR) is 84.3 cm³/mol. The molecule has 0 aliphatic heterocycles. The summed E-state index contributed by atoms with van der Waals surface area (Å²) in [6, 6.07) is 18.4. The highest BCUT2D eigenvalue weighted by molar-refractivity contribution is 5.36. The quantitative estimate of drug-likeness (QED) is 0.690. The van der Waals surface area contributed by atoms with Crippen LogP contribution in [0.3, 0.4) is 0 Å². The number of rotatable bonds is 4. The van der Waals surface area contributed by atoms with Gasteiger partial charge in [-0.05, 0) is 35.4 Å². The Balaban J connectivity index is 1.78. The van der Waals surface area contributed by atoms with E-state index in [0.717, 1.165) is 17.0 Å².